The number of hydrogen-bond donors (Lipinski definition) is 1. The second-order valence-electron chi connectivity index (χ2n) is 4.18. The van der Waals surface area contributed by atoms with Crippen LogP contribution in [0, 0.1) is 5.92 Å². The molecule has 0 saturated heterocycles. The van der Waals surface area contributed by atoms with Crippen molar-refractivity contribution in [2.24, 2.45) is 5.92 Å². The van der Waals surface area contributed by atoms with Gasteiger partial charge in [0, 0.05) is 6.04 Å². The van der Waals surface area contributed by atoms with Gasteiger partial charge in [-0.3, -0.25) is 9.59 Å². The molecule has 0 spiro atoms. The largest absolute Gasteiger partial charge is 0.469 e. The maximum Gasteiger partial charge on any atom is 0.308 e. The highest BCUT2D eigenvalue weighted by Gasteiger charge is 2.31. The molecule has 1 aliphatic rings. The Morgan fingerprint density at radius 1 is 1.47 bits per heavy atom. The molecule has 0 radical (unpaired) electrons. The van der Waals surface area contributed by atoms with Gasteiger partial charge in [0.2, 0.25) is 0 Å². The monoisotopic (exact) mass is 253 g/mol. The first-order valence-electron chi connectivity index (χ1n) is 5.63. The van der Waals surface area contributed by atoms with E-state index in [1.54, 1.807) is 6.07 Å². The molecule has 17 heavy (non-hydrogen) atoms. The van der Waals surface area contributed by atoms with Crippen molar-refractivity contribution in [1.29, 1.82) is 0 Å². The van der Waals surface area contributed by atoms with Crippen LogP contribution in [0.15, 0.2) is 17.5 Å². The molecule has 1 amide bonds. The number of carbonyl (C=O) groups excluding carboxylic acids is 2. The first-order valence-corrected chi connectivity index (χ1v) is 6.51. The van der Waals surface area contributed by atoms with Crippen LogP contribution in [0.5, 0.6) is 0 Å². The molecule has 2 atom stereocenters. The Balaban J connectivity index is 1.86. The molecule has 0 aliphatic heterocycles. The van der Waals surface area contributed by atoms with Crippen LogP contribution in [0.25, 0.3) is 0 Å². The lowest BCUT2D eigenvalue weighted by Gasteiger charge is -2.11. The molecule has 1 N–H and O–H groups in total. The second kappa shape index (κ2) is 5.31. The van der Waals surface area contributed by atoms with E-state index >= 15 is 0 Å². The van der Waals surface area contributed by atoms with Crippen LogP contribution in [0.1, 0.15) is 28.9 Å². The van der Waals surface area contributed by atoms with Gasteiger partial charge in [-0.05, 0) is 30.7 Å². The van der Waals surface area contributed by atoms with Crippen molar-refractivity contribution in [2.75, 3.05) is 7.11 Å². The molecular formula is C12H15NO3S. The molecule has 1 aromatic rings. The van der Waals surface area contributed by atoms with Crippen LogP contribution in [-0.4, -0.2) is 25.0 Å². The molecule has 5 heteroatoms. The second-order valence-corrected chi connectivity index (χ2v) is 5.13. The lowest BCUT2D eigenvalue weighted by molar-refractivity contribution is -0.145. The number of carbonyl (C=O) groups is 2. The SMILES string of the molecule is COC(=O)C1CCC(NC(=O)c2cccs2)C1. The number of methoxy groups -OCH3 is 1. The summed E-state index contributed by atoms with van der Waals surface area (Å²) in [5.74, 6) is -0.276. The fourth-order valence-electron chi connectivity index (χ4n) is 2.16. The number of amides is 1. The van der Waals surface area contributed by atoms with E-state index in [0.29, 0.717) is 11.3 Å². The molecule has 1 fully saturated rings. The summed E-state index contributed by atoms with van der Waals surface area (Å²) >= 11 is 1.42. The minimum atomic E-state index is -0.169. The van der Waals surface area contributed by atoms with Crippen molar-refractivity contribution in [3.8, 4) is 0 Å². The Labute approximate surface area is 104 Å². The average molecular weight is 253 g/mol. The van der Waals surface area contributed by atoms with Gasteiger partial charge in [-0.25, -0.2) is 0 Å². The predicted octanol–water partition coefficient (Wildman–Crippen LogP) is 1.82. The average Bonchev–Trinajstić information content (AvgIpc) is 2.98. The van der Waals surface area contributed by atoms with Gasteiger partial charge in [-0.1, -0.05) is 6.07 Å². The van der Waals surface area contributed by atoms with E-state index < -0.39 is 0 Å². The van der Waals surface area contributed by atoms with Crippen LogP contribution in [0.4, 0.5) is 0 Å². The number of rotatable bonds is 3. The highest BCUT2D eigenvalue weighted by Crippen LogP contribution is 2.26. The van der Waals surface area contributed by atoms with E-state index in [-0.39, 0.29) is 23.8 Å². The number of esters is 1. The van der Waals surface area contributed by atoms with Crippen LogP contribution in [0.2, 0.25) is 0 Å². The molecule has 92 valence electrons. The first kappa shape index (κ1) is 12.1. The van der Waals surface area contributed by atoms with Crippen molar-refractivity contribution in [2.45, 2.75) is 25.3 Å². The van der Waals surface area contributed by atoms with E-state index in [2.05, 4.69) is 5.32 Å². The number of ether oxygens (including phenoxy) is 1. The van der Waals surface area contributed by atoms with Gasteiger partial charge >= 0.3 is 5.97 Å². The third kappa shape index (κ3) is 2.85. The quantitative estimate of drug-likeness (QED) is 0.836. The maximum atomic E-state index is 11.8. The van der Waals surface area contributed by atoms with Crippen LogP contribution in [-0.2, 0) is 9.53 Å². The first-order chi connectivity index (χ1) is 8.20. The molecule has 4 nitrogen and oxygen atoms in total. The molecule has 0 bridgehead atoms. The summed E-state index contributed by atoms with van der Waals surface area (Å²) in [4.78, 5) is 23.8. The summed E-state index contributed by atoms with van der Waals surface area (Å²) in [6.45, 7) is 0. The van der Waals surface area contributed by atoms with E-state index in [1.807, 2.05) is 11.4 Å². The van der Waals surface area contributed by atoms with E-state index in [0.717, 1.165) is 12.8 Å². The predicted molar refractivity (Wildman–Crippen MR) is 64.9 cm³/mol. The summed E-state index contributed by atoms with van der Waals surface area (Å²) in [5, 5.41) is 4.83. The maximum absolute atomic E-state index is 11.8. The molecule has 1 aliphatic carbocycles. The zero-order chi connectivity index (χ0) is 12.3. The Morgan fingerprint density at radius 3 is 2.94 bits per heavy atom. The van der Waals surface area contributed by atoms with Crippen molar-refractivity contribution in [3.05, 3.63) is 22.4 Å². The van der Waals surface area contributed by atoms with Crippen LogP contribution in [0.3, 0.4) is 0 Å². The van der Waals surface area contributed by atoms with E-state index in [4.69, 9.17) is 4.74 Å². The van der Waals surface area contributed by atoms with Gasteiger partial charge in [0.05, 0.1) is 17.9 Å². The van der Waals surface area contributed by atoms with E-state index in [1.165, 1.54) is 18.4 Å². The normalized spacial score (nSPS) is 23.4. The summed E-state index contributed by atoms with van der Waals surface area (Å²) in [6, 6.07) is 3.74. The summed E-state index contributed by atoms with van der Waals surface area (Å²) in [5.41, 5.74) is 0. The number of thiophene rings is 1. The Hall–Kier alpha value is -1.36. The lowest BCUT2D eigenvalue weighted by atomic mass is 10.1. The lowest BCUT2D eigenvalue weighted by Crippen LogP contribution is -2.32. The van der Waals surface area contributed by atoms with Gasteiger partial charge in [0.1, 0.15) is 0 Å². The topological polar surface area (TPSA) is 55.4 Å². The summed E-state index contributed by atoms with van der Waals surface area (Å²) in [7, 11) is 1.40. The molecular weight excluding hydrogens is 238 g/mol. The van der Waals surface area contributed by atoms with Crippen LogP contribution >= 0.6 is 11.3 Å². The third-order valence-electron chi connectivity index (χ3n) is 3.05. The van der Waals surface area contributed by atoms with Gasteiger partial charge in [0.25, 0.3) is 5.91 Å². The van der Waals surface area contributed by atoms with Gasteiger partial charge < -0.3 is 10.1 Å². The van der Waals surface area contributed by atoms with Gasteiger partial charge in [-0.15, -0.1) is 11.3 Å². The van der Waals surface area contributed by atoms with Crippen molar-refractivity contribution < 1.29 is 14.3 Å². The molecule has 1 aromatic heterocycles. The minimum Gasteiger partial charge on any atom is -0.469 e. The smallest absolute Gasteiger partial charge is 0.308 e. The van der Waals surface area contributed by atoms with Crippen molar-refractivity contribution >= 4 is 23.2 Å². The zero-order valence-electron chi connectivity index (χ0n) is 9.64. The highest BCUT2D eigenvalue weighted by atomic mass is 32.1. The summed E-state index contributed by atoms with van der Waals surface area (Å²) < 4.78 is 4.71. The molecule has 2 unspecified atom stereocenters. The van der Waals surface area contributed by atoms with Crippen molar-refractivity contribution in [1.82, 2.24) is 5.32 Å². The van der Waals surface area contributed by atoms with Gasteiger partial charge in [-0.2, -0.15) is 0 Å². The van der Waals surface area contributed by atoms with Crippen LogP contribution < -0.4 is 5.32 Å². The standard InChI is InChI=1S/C12H15NO3S/c1-16-12(15)8-4-5-9(7-8)13-11(14)10-3-2-6-17-10/h2-3,6,8-9H,4-5,7H2,1H3,(H,13,14). The zero-order valence-corrected chi connectivity index (χ0v) is 10.5. The molecule has 1 heterocycles. The highest BCUT2D eigenvalue weighted by molar-refractivity contribution is 7.12. The number of nitrogens with one attached hydrogen (secondary N) is 1. The van der Waals surface area contributed by atoms with Crippen molar-refractivity contribution in [3.63, 3.8) is 0 Å². The molecule has 2 rings (SSSR count). The minimum absolute atomic E-state index is 0.0458. The summed E-state index contributed by atoms with van der Waals surface area (Å²) in [6.07, 6.45) is 2.32. The third-order valence-corrected chi connectivity index (χ3v) is 3.92. The Bertz CT molecular complexity index is 402. The fourth-order valence-corrected chi connectivity index (χ4v) is 2.78. The Kier molecular flexibility index (Phi) is 3.78. The Morgan fingerprint density at radius 2 is 2.29 bits per heavy atom. The van der Waals surface area contributed by atoms with Gasteiger partial charge in [0.15, 0.2) is 0 Å². The fraction of sp³-hybridized carbons (Fsp3) is 0.500. The molecule has 0 aromatic carbocycles. The number of hydrogen-bond acceptors (Lipinski definition) is 4. The van der Waals surface area contributed by atoms with E-state index in [9.17, 15) is 9.59 Å². The molecule has 1 saturated carbocycles.